The van der Waals surface area contributed by atoms with Crippen LogP contribution in [0.25, 0.3) is 0 Å². The van der Waals surface area contributed by atoms with E-state index in [2.05, 4.69) is 4.74 Å². The Morgan fingerprint density at radius 1 is 1.38 bits per heavy atom. The van der Waals surface area contributed by atoms with Gasteiger partial charge in [0, 0.05) is 11.6 Å². The number of nitro benzene ring substituents is 1. The predicted octanol–water partition coefficient (Wildman–Crippen LogP) is 0.755. The van der Waals surface area contributed by atoms with E-state index >= 15 is 0 Å². The second kappa shape index (κ2) is 6.91. The Hall–Kier alpha value is -2.32. The molecule has 0 aliphatic heterocycles. The van der Waals surface area contributed by atoms with Gasteiger partial charge in [0.15, 0.2) is 5.78 Å². The van der Waals surface area contributed by atoms with E-state index in [1.807, 2.05) is 0 Å². The van der Waals surface area contributed by atoms with Gasteiger partial charge in [0.1, 0.15) is 6.10 Å². The zero-order chi connectivity index (χ0) is 16.2. The van der Waals surface area contributed by atoms with Crippen molar-refractivity contribution in [3.8, 4) is 0 Å². The third kappa shape index (κ3) is 4.07. The minimum absolute atomic E-state index is 0.111. The molecule has 114 valence electrons. The van der Waals surface area contributed by atoms with E-state index in [-0.39, 0.29) is 16.9 Å². The summed E-state index contributed by atoms with van der Waals surface area (Å²) in [6, 6.07) is 3.50. The van der Waals surface area contributed by atoms with Crippen LogP contribution in [0.1, 0.15) is 35.4 Å². The zero-order valence-corrected chi connectivity index (χ0v) is 11.5. The first-order chi connectivity index (χ1) is 9.77. The third-order valence-electron chi connectivity index (χ3n) is 2.92. The maximum absolute atomic E-state index is 11.2. The topological polar surface area (TPSA) is 127 Å². The molecule has 8 nitrogen and oxygen atoms in total. The van der Waals surface area contributed by atoms with Crippen molar-refractivity contribution in [3.05, 3.63) is 39.4 Å². The SMILES string of the molecule is COC(=O)CC(O)C(O)c1ccc(C(C)=O)cc1[N+](=O)[O-]. The number of ether oxygens (including phenoxy) is 1. The van der Waals surface area contributed by atoms with E-state index in [1.165, 1.54) is 19.1 Å². The summed E-state index contributed by atoms with van der Waals surface area (Å²) in [5, 5.41) is 30.7. The molecule has 0 aliphatic rings. The Balaban J connectivity index is 3.13. The first kappa shape index (κ1) is 16.7. The highest BCUT2D eigenvalue weighted by molar-refractivity contribution is 5.94. The Kier molecular flexibility index (Phi) is 5.51. The van der Waals surface area contributed by atoms with E-state index in [4.69, 9.17) is 0 Å². The quantitative estimate of drug-likeness (QED) is 0.343. The molecule has 0 heterocycles. The molecule has 0 aliphatic carbocycles. The van der Waals surface area contributed by atoms with Gasteiger partial charge in [0.25, 0.3) is 5.69 Å². The molecule has 0 spiro atoms. The first-order valence-corrected chi connectivity index (χ1v) is 6.00. The first-order valence-electron chi connectivity index (χ1n) is 6.00. The lowest BCUT2D eigenvalue weighted by Crippen LogP contribution is -2.23. The van der Waals surface area contributed by atoms with Crippen LogP contribution in [0, 0.1) is 10.1 Å². The van der Waals surface area contributed by atoms with Gasteiger partial charge in [-0.1, -0.05) is 6.07 Å². The van der Waals surface area contributed by atoms with E-state index < -0.39 is 35.2 Å². The van der Waals surface area contributed by atoms with Crippen LogP contribution in [0.15, 0.2) is 18.2 Å². The number of rotatable bonds is 6. The van der Waals surface area contributed by atoms with Crippen molar-refractivity contribution >= 4 is 17.4 Å². The highest BCUT2D eigenvalue weighted by atomic mass is 16.6. The lowest BCUT2D eigenvalue weighted by molar-refractivity contribution is -0.386. The predicted molar refractivity (Wildman–Crippen MR) is 70.7 cm³/mol. The molecule has 0 saturated carbocycles. The lowest BCUT2D eigenvalue weighted by Gasteiger charge is -2.17. The Labute approximate surface area is 120 Å². The molecule has 0 bridgehead atoms. The molecule has 1 aromatic rings. The Morgan fingerprint density at radius 2 is 2.00 bits per heavy atom. The van der Waals surface area contributed by atoms with Gasteiger partial charge in [0.05, 0.1) is 30.1 Å². The number of ketones is 1. The summed E-state index contributed by atoms with van der Waals surface area (Å²) in [6.07, 6.45) is -3.71. The number of methoxy groups -OCH3 is 1. The molecule has 8 heteroatoms. The fraction of sp³-hybridized carbons (Fsp3) is 0.385. The van der Waals surface area contributed by atoms with E-state index in [9.17, 15) is 29.9 Å². The molecule has 0 radical (unpaired) electrons. The molecule has 2 atom stereocenters. The molecule has 2 N–H and O–H groups in total. The molecule has 21 heavy (non-hydrogen) atoms. The molecule has 0 saturated heterocycles. The minimum Gasteiger partial charge on any atom is -0.469 e. The van der Waals surface area contributed by atoms with Crippen molar-refractivity contribution in [1.82, 2.24) is 0 Å². The standard InChI is InChI=1S/C13H15NO7/c1-7(15)8-3-4-9(10(5-8)14(19)20)13(18)11(16)6-12(17)21-2/h3-5,11,13,16,18H,6H2,1-2H3. The van der Waals surface area contributed by atoms with Crippen LogP contribution in [0.3, 0.4) is 0 Å². The van der Waals surface area contributed by atoms with Gasteiger partial charge in [-0.05, 0) is 13.0 Å². The number of hydrogen-bond donors (Lipinski definition) is 2. The second-order valence-corrected chi connectivity index (χ2v) is 4.38. The summed E-state index contributed by atoms with van der Waals surface area (Å²) in [6.45, 7) is 1.25. The van der Waals surface area contributed by atoms with Crippen molar-refractivity contribution in [1.29, 1.82) is 0 Å². The fourth-order valence-electron chi connectivity index (χ4n) is 1.74. The molecular formula is C13H15NO7. The van der Waals surface area contributed by atoms with Crippen LogP contribution < -0.4 is 0 Å². The van der Waals surface area contributed by atoms with Crippen LogP contribution in [0.4, 0.5) is 5.69 Å². The maximum atomic E-state index is 11.2. The van der Waals surface area contributed by atoms with Crippen molar-refractivity contribution in [2.45, 2.75) is 25.6 Å². The van der Waals surface area contributed by atoms with Gasteiger partial charge >= 0.3 is 5.97 Å². The van der Waals surface area contributed by atoms with Gasteiger partial charge in [-0.3, -0.25) is 19.7 Å². The maximum Gasteiger partial charge on any atom is 0.308 e. The van der Waals surface area contributed by atoms with Crippen LogP contribution >= 0.6 is 0 Å². The smallest absolute Gasteiger partial charge is 0.308 e. The third-order valence-corrected chi connectivity index (χ3v) is 2.92. The highest BCUT2D eigenvalue weighted by Crippen LogP contribution is 2.29. The number of esters is 1. The summed E-state index contributed by atoms with van der Waals surface area (Å²) in [4.78, 5) is 32.5. The molecule has 1 aromatic carbocycles. The molecular weight excluding hydrogens is 282 g/mol. The number of carbonyl (C=O) groups is 2. The van der Waals surface area contributed by atoms with Crippen LogP contribution in [0.2, 0.25) is 0 Å². The largest absolute Gasteiger partial charge is 0.469 e. The normalized spacial score (nSPS) is 13.3. The van der Waals surface area contributed by atoms with Gasteiger partial charge in [-0.15, -0.1) is 0 Å². The van der Waals surface area contributed by atoms with Crippen molar-refractivity contribution in [3.63, 3.8) is 0 Å². The van der Waals surface area contributed by atoms with Gasteiger partial charge in [0.2, 0.25) is 0 Å². The van der Waals surface area contributed by atoms with Crippen LogP contribution in [0.5, 0.6) is 0 Å². The van der Waals surface area contributed by atoms with E-state index in [1.54, 1.807) is 0 Å². The fourth-order valence-corrected chi connectivity index (χ4v) is 1.74. The Morgan fingerprint density at radius 3 is 2.48 bits per heavy atom. The summed E-state index contributed by atoms with van der Waals surface area (Å²) in [5.74, 6) is -1.13. The average molecular weight is 297 g/mol. The van der Waals surface area contributed by atoms with Crippen molar-refractivity contribution in [2.75, 3.05) is 7.11 Å². The number of benzene rings is 1. The lowest BCUT2D eigenvalue weighted by atomic mass is 9.98. The molecule has 0 fully saturated rings. The van der Waals surface area contributed by atoms with Crippen molar-refractivity contribution < 1.29 is 29.5 Å². The number of Topliss-reactive ketones (excluding diaryl/α,β-unsaturated/α-hetero) is 1. The van der Waals surface area contributed by atoms with Gasteiger partial charge in [-0.25, -0.2) is 0 Å². The Bertz CT molecular complexity index is 570. The van der Waals surface area contributed by atoms with Crippen molar-refractivity contribution in [2.24, 2.45) is 0 Å². The number of aliphatic hydroxyl groups is 2. The molecule has 2 unspecified atom stereocenters. The monoisotopic (exact) mass is 297 g/mol. The summed E-state index contributed by atoms with van der Waals surface area (Å²) < 4.78 is 4.35. The van der Waals surface area contributed by atoms with Crippen LogP contribution in [-0.4, -0.2) is 40.1 Å². The van der Waals surface area contributed by atoms with E-state index in [0.29, 0.717) is 0 Å². The molecule has 1 rings (SSSR count). The number of aliphatic hydroxyl groups excluding tert-OH is 2. The van der Waals surface area contributed by atoms with Gasteiger partial charge in [-0.2, -0.15) is 0 Å². The molecule has 0 aromatic heterocycles. The zero-order valence-electron chi connectivity index (χ0n) is 11.5. The second-order valence-electron chi connectivity index (χ2n) is 4.38. The molecule has 0 amide bonds. The van der Waals surface area contributed by atoms with Crippen LogP contribution in [-0.2, 0) is 9.53 Å². The summed E-state index contributed by atoms with van der Waals surface area (Å²) in [5.41, 5.74) is -0.569. The summed E-state index contributed by atoms with van der Waals surface area (Å²) in [7, 11) is 1.12. The highest BCUT2D eigenvalue weighted by Gasteiger charge is 2.28. The van der Waals surface area contributed by atoms with E-state index in [0.717, 1.165) is 13.2 Å². The average Bonchev–Trinajstić information content (AvgIpc) is 2.45. The number of nitrogens with zero attached hydrogens (tertiary/aromatic N) is 1. The number of hydrogen-bond acceptors (Lipinski definition) is 7. The number of carbonyl (C=O) groups excluding carboxylic acids is 2. The number of nitro groups is 1. The summed E-state index contributed by atoms with van der Waals surface area (Å²) >= 11 is 0. The van der Waals surface area contributed by atoms with Gasteiger partial charge < -0.3 is 14.9 Å². The minimum atomic E-state index is -1.65.